The number of aromatic nitrogens is 2. The first-order chi connectivity index (χ1) is 14.6. The summed E-state index contributed by atoms with van der Waals surface area (Å²) in [5.41, 5.74) is 3.89. The van der Waals surface area contributed by atoms with Crippen LogP contribution in [0.1, 0.15) is 31.7 Å². The van der Waals surface area contributed by atoms with E-state index < -0.39 is 0 Å². The number of imidazole rings is 1. The molecule has 0 spiro atoms. The summed E-state index contributed by atoms with van der Waals surface area (Å²) in [6, 6.07) is 16.1. The fourth-order valence-corrected chi connectivity index (χ4v) is 4.31. The van der Waals surface area contributed by atoms with Gasteiger partial charge in [0.25, 0.3) is 0 Å². The van der Waals surface area contributed by atoms with Crippen LogP contribution >= 0.6 is 0 Å². The number of carbonyl (C=O) groups is 1. The predicted molar refractivity (Wildman–Crippen MR) is 121 cm³/mol. The summed E-state index contributed by atoms with van der Waals surface area (Å²) in [5.74, 6) is -0.0730. The van der Waals surface area contributed by atoms with Crippen molar-refractivity contribution in [1.82, 2.24) is 14.0 Å². The number of fused-ring (bicyclic) bond motifs is 1. The van der Waals surface area contributed by atoms with Gasteiger partial charge in [-0.15, -0.1) is 0 Å². The first-order valence-electron chi connectivity index (χ1n) is 10.8. The number of anilines is 1. The molecule has 0 bridgehead atoms. The third-order valence-corrected chi connectivity index (χ3v) is 6.04. The third-order valence-electron chi connectivity index (χ3n) is 6.04. The molecular weight excluding hydrogens is 376 g/mol. The van der Waals surface area contributed by atoms with E-state index in [4.69, 9.17) is 0 Å². The predicted octanol–water partition coefficient (Wildman–Crippen LogP) is 3.47. The topological polar surface area (TPSA) is 50.5 Å². The van der Waals surface area contributed by atoms with E-state index in [2.05, 4.69) is 29.2 Å². The van der Waals surface area contributed by atoms with E-state index in [-0.39, 0.29) is 18.1 Å². The van der Waals surface area contributed by atoms with Crippen LogP contribution in [0.25, 0.3) is 11.0 Å². The zero-order valence-corrected chi connectivity index (χ0v) is 17.9. The van der Waals surface area contributed by atoms with Gasteiger partial charge in [-0.25, -0.2) is 4.79 Å². The largest absolute Gasteiger partial charge is 0.372 e. The summed E-state index contributed by atoms with van der Waals surface area (Å²) in [6.45, 7) is 5.35. The van der Waals surface area contributed by atoms with Crippen LogP contribution in [0.4, 0.5) is 5.69 Å². The van der Waals surface area contributed by atoms with Crippen LogP contribution in [0.3, 0.4) is 0 Å². The van der Waals surface area contributed by atoms with Gasteiger partial charge in [-0.3, -0.25) is 13.9 Å². The zero-order valence-electron chi connectivity index (χ0n) is 17.9. The molecule has 2 heterocycles. The molecule has 3 aromatic rings. The van der Waals surface area contributed by atoms with Crippen molar-refractivity contribution < 1.29 is 4.79 Å². The smallest absolute Gasteiger partial charge is 0.329 e. The van der Waals surface area contributed by atoms with Crippen LogP contribution in [-0.2, 0) is 24.4 Å². The summed E-state index contributed by atoms with van der Waals surface area (Å²) in [5, 5.41) is 0. The van der Waals surface area contributed by atoms with E-state index in [1.54, 1.807) is 21.1 Å². The van der Waals surface area contributed by atoms with Gasteiger partial charge in [0.05, 0.1) is 11.0 Å². The summed E-state index contributed by atoms with van der Waals surface area (Å²) in [7, 11) is 1.80. The molecule has 6 heteroatoms. The van der Waals surface area contributed by atoms with E-state index in [1.165, 1.54) is 24.9 Å². The third kappa shape index (κ3) is 3.99. The lowest BCUT2D eigenvalue weighted by Crippen LogP contribution is -2.34. The molecule has 0 unspecified atom stereocenters. The Morgan fingerprint density at radius 1 is 0.933 bits per heavy atom. The van der Waals surface area contributed by atoms with E-state index in [0.29, 0.717) is 13.1 Å². The second kappa shape index (κ2) is 8.78. The van der Waals surface area contributed by atoms with E-state index in [9.17, 15) is 9.59 Å². The maximum Gasteiger partial charge on any atom is 0.329 e. The number of amides is 1. The number of hydrogen-bond acceptors (Lipinski definition) is 3. The fourth-order valence-electron chi connectivity index (χ4n) is 4.31. The molecule has 6 nitrogen and oxygen atoms in total. The molecule has 1 saturated heterocycles. The Labute approximate surface area is 177 Å². The molecule has 158 valence electrons. The summed E-state index contributed by atoms with van der Waals surface area (Å²) in [6.07, 6.45) is 3.83. The molecule has 0 saturated carbocycles. The summed E-state index contributed by atoms with van der Waals surface area (Å²) < 4.78 is 3.29. The highest BCUT2D eigenvalue weighted by atomic mass is 16.2. The van der Waals surface area contributed by atoms with Crippen LogP contribution in [0, 0.1) is 0 Å². The molecule has 30 heavy (non-hydrogen) atoms. The highest BCUT2D eigenvalue weighted by Gasteiger charge is 2.17. The second-order valence-corrected chi connectivity index (χ2v) is 8.07. The Morgan fingerprint density at radius 3 is 2.20 bits per heavy atom. The van der Waals surface area contributed by atoms with E-state index >= 15 is 0 Å². The Balaban J connectivity index is 1.45. The molecule has 1 fully saturated rings. The molecule has 0 atom stereocenters. The average Bonchev–Trinajstić information content (AvgIpc) is 3.05. The van der Waals surface area contributed by atoms with Crippen molar-refractivity contribution in [3.63, 3.8) is 0 Å². The Kier molecular flexibility index (Phi) is 5.93. The molecule has 0 radical (unpaired) electrons. The number of carbonyl (C=O) groups excluding carboxylic acids is 1. The van der Waals surface area contributed by atoms with Crippen LogP contribution in [-0.4, -0.2) is 40.1 Å². The van der Waals surface area contributed by atoms with Crippen molar-refractivity contribution in [3.8, 4) is 0 Å². The number of piperidine rings is 1. The number of nitrogens with zero attached hydrogens (tertiary/aromatic N) is 4. The standard InChI is InChI=1S/C24H30N4O2/c1-3-27-21-9-5-6-10-22(21)28(24(27)30)18-23(29)25(2)17-19-11-13-20(14-12-19)26-15-7-4-8-16-26/h5-6,9-14H,3-4,7-8,15-18H2,1-2H3. The van der Waals surface area contributed by atoms with Crippen molar-refractivity contribution in [2.24, 2.45) is 0 Å². The number of likely N-dealkylation sites (N-methyl/N-ethyl adjacent to an activating group) is 1. The van der Waals surface area contributed by atoms with Gasteiger partial charge in [0.2, 0.25) is 5.91 Å². The molecule has 1 aliphatic rings. The Morgan fingerprint density at radius 2 is 1.57 bits per heavy atom. The minimum absolute atomic E-state index is 0.0503. The van der Waals surface area contributed by atoms with Crippen LogP contribution in [0.5, 0.6) is 0 Å². The summed E-state index contributed by atoms with van der Waals surface area (Å²) >= 11 is 0. The SMILES string of the molecule is CCn1c(=O)n(CC(=O)N(C)Cc2ccc(N3CCCCC3)cc2)c2ccccc21. The normalized spacial score (nSPS) is 14.3. The average molecular weight is 407 g/mol. The van der Waals surface area contributed by atoms with E-state index in [1.807, 2.05) is 31.2 Å². The van der Waals surface area contributed by atoms with Crippen LogP contribution in [0.2, 0.25) is 0 Å². The minimum atomic E-state index is -0.133. The van der Waals surface area contributed by atoms with Gasteiger partial charge < -0.3 is 9.80 Å². The number of rotatable bonds is 6. The second-order valence-electron chi connectivity index (χ2n) is 8.07. The first-order valence-corrected chi connectivity index (χ1v) is 10.8. The summed E-state index contributed by atoms with van der Waals surface area (Å²) in [4.78, 5) is 29.8. The molecular formula is C24H30N4O2. The van der Waals surface area contributed by atoms with Gasteiger partial charge in [-0.05, 0) is 56.0 Å². The van der Waals surface area contributed by atoms with Crippen molar-refractivity contribution in [1.29, 1.82) is 0 Å². The molecule has 0 N–H and O–H groups in total. The highest BCUT2D eigenvalue weighted by Crippen LogP contribution is 2.21. The molecule has 2 aromatic carbocycles. The molecule has 1 amide bonds. The van der Waals surface area contributed by atoms with Crippen molar-refractivity contribution in [2.45, 2.75) is 45.8 Å². The zero-order chi connectivity index (χ0) is 21.1. The Hall–Kier alpha value is -3.02. The van der Waals surface area contributed by atoms with Crippen LogP contribution < -0.4 is 10.6 Å². The van der Waals surface area contributed by atoms with Crippen LogP contribution in [0.15, 0.2) is 53.3 Å². The molecule has 0 aliphatic carbocycles. The van der Waals surface area contributed by atoms with Gasteiger partial charge in [0.15, 0.2) is 0 Å². The van der Waals surface area contributed by atoms with Gasteiger partial charge in [-0.1, -0.05) is 24.3 Å². The number of benzene rings is 2. The molecule has 4 rings (SSSR count). The van der Waals surface area contributed by atoms with Gasteiger partial charge in [-0.2, -0.15) is 0 Å². The van der Waals surface area contributed by atoms with E-state index in [0.717, 1.165) is 29.7 Å². The van der Waals surface area contributed by atoms with Gasteiger partial charge >= 0.3 is 5.69 Å². The minimum Gasteiger partial charge on any atom is -0.372 e. The molecule has 1 aromatic heterocycles. The lowest BCUT2D eigenvalue weighted by molar-refractivity contribution is -0.131. The lowest BCUT2D eigenvalue weighted by atomic mass is 10.1. The maximum atomic E-state index is 12.9. The quantitative estimate of drug-likeness (QED) is 0.630. The molecule has 1 aliphatic heterocycles. The first kappa shape index (κ1) is 20.3. The van der Waals surface area contributed by atoms with Crippen molar-refractivity contribution >= 4 is 22.6 Å². The fraction of sp³-hybridized carbons (Fsp3) is 0.417. The highest BCUT2D eigenvalue weighted by molar-refractivity contribution is 5.81. The number of para-hydroxylation sites is 2. The van der Waals surface area contributed by atoms with Crippen molar-refractivity contribution in [3.05, 3.63) is 64.6 Å². The van der Waals surface area contributed by atoms with Gasteiger partial charge in [0.1, 0.15) is 6.54 Å². The maximum absolute atomic E-state index is 12.9. The number of hydrogen-bond donors (Lipinski definition) is 0. The number of aryl methyl sites for hydroxylation is 1. The Bertz CT molecular complexity index is 1070. The van der Waals surface area contributed by atoms with Gasteiger partial charge in [0, 0.05) is 38.9 Å². The monoisotopic (exact) mass is 406 g/mol. The lowest BCUT2D eigenvalue weighted by Gasteiger charge is -2.29. The van der Waals surface area contributed by atoms with Crippen molar-refractivity contribution in [2.75, 3.05) is 25.0 Å².